The summed E-state index contributed by atoms with van der Waals surface area (Å²) in [6, 6.07) is 3.39. The summed E-state index contributed by atoms with van der Waals surface area (Å²) < 4.78 is 19.5. The van der Waals surface area contributed by atoms with Gasteiger partial charge in [0.15, 0.2) is 5.82 Å². The van der Waals surface area contributed by atoms with E-state index in [1.54, 1.807) is 0 Å². The van der Waals surface area contributed by atoms with E-state index in [1.165, 1.54) is 25.3 Å². The maximum Gasteiger partial charge on any atom is 0.161 e. The maximum absolute atomic E-state index is 14.0. The zero-order valence-electron chi connectivity index (χ0n) is 10.5. The van der Waals surface area contributed by atoms with E-state index in [0.717, 1.165) is 6.54 Å². The van der Waals surface area contributed by atoms with Crippen LogP contribution >= 0.6 is 11.6 Å². The smallest absolute Gasteiger partial charge is 0.161 e. The summed E-state index contributed by atoms with van der Waals surface area (Å²) in [4.78, 5) is 2.07. The van der Waals surface area contributed by atoms with Gasteiger partial charge in [-0.15, -0.1) is 0 Å². The summed E-state index contributed by atoms with van der Waals surface area (Å²) >= 11 is 5.80. The highest BCUT2D eigenvalue weighted by molar-refractivity contribution is 6.31. The van der Waals surface area contributed by atoms with Crippen LogP contribution in [0.4, 0.5) is 10.1 Å². The molecule has 0 spiro atoms. The number of benzene rings is 1. The fourth-order valence-corrected chi connectivity index (χ4v) is 2.86. The quantitative estimate of drug-likeness (QED) is 0.833. The molecule has 0 unspecified atom stereocenters. The van der Waals surface area contributed by atoms with Gasteiger partial charge in [-0.05, 0) is 18.8 Å². The average molecular weight is 281 g/mol. The molecule has 3 nitrogen and oxygen atoms in total. The van der Waals surface area contributed by atoms with Gasteiger partial charge >= 0.3 is 0 Å². The number of ether oxygens (including phenoxy) is 1. The van der Waals surface area contributed by atoms with E-state index in [1.807, 2.05) is 6.07 Å². The molecule has 0 bridgehead atoms. The van der Waals surface area contributed by atoms with Crippen LogP contribution in [0.2, 0.25) is 5.02 Å². The SMILES string of the molecule is N#Cc1c(F)c(Cl)cc2c1N(CC1CCC1)CCO2. The molecular weight excluding hydrogens is 267 g/mol. The van der Waals surface area contributed by atoms with Gasteiger partial charge in [-0.2, -0.15) is 5.26 Å². The van der Waals surface area contributed by atoms with Gasteiger partial charge < -0.3 is 9.64 Å². The van der Waals surface area contributed by atoms with Crippen molar-refractivity contribution in [2.45, 2.75) is 19.3 Å². The zero-order chi connectivity index (χ0) is 13.4. The second-order valence-electron chi connectivity index (χ2n) is 5.10. The maximum atomic E-state index is 14.0. The van der Waals surface area contributed by atoms with Gasteiger partial charge in [-0.1, -0.05) is 18.0 Å². The number of nitriles is 1. The highest BCUT2D eigenvalue weighted by Gasteiger charge is 2.29. The van der Waals surface area contributed by atoms with Crippen molar-refractivity contribution in [2.75, 3.05) is 24.6 Å². The molecule has 1 aromatic carbocycles. The van der Waals surface area contributed by atoms with E-state index in [9.17, 15) is 9.65 Å². The molecular formula is C14H14ClFN2O. The summed E-state index contributed by atoms with van der Waals surface area (Å²) in [7, 11) is 0. The number of hydrogen-bond acceptors (Lipinski definition) is 3. The third kappa shape index (κ3) is 2.12. The molecule has 1 heterocycles. The molecule has 0 aromatic heterocycles. The van der Waals surface area contributed by atoms with Crippen LogP contribution in [0.1, 0.15) is 24.8 Å². The molecule has 5 heteroatoms. The molecule has 0 amide bonds. The van der Waals surface area contributed by atoms with Crippen LogP contribution in [-0.4, -0.2) is 19.7 Å². The topological polar surface area (TPSA) is 36.3 Å². The third-order valence-corrected chi connectivity index (χ3v) is 4.18. The minimum Gasteiger partial charge on any atom is -0.489 e. The van der Waals surface area contributed by atoms with E-state index < -0.39 is 5.82 Å². The van der Waals surface area contributed by atoms with E-state index in [-0.39, 0.29) is 10.6 Å². The van der Waals surface area contributed by atoms with Gasteiger partial charge in [0.1, 0.15) is 29.7 Å². The monoisotopic (exact) mass is 280 g/mol. The highest BCUT2D eigenvalue weighted by atomic mass is 35.5. The summed E-state index contributed by atoms with van der Waals surface area (Å²) in [5, 5.41) is 9.14. The number of hydrogen-bond donors (Lipinski definition) is 0. The average Bonchev–Trinajstić information content (AvgIpc) is 2.36. The fourth-order valence-electron chi connectivity index (χ4n) is 2.67. The molecule has 100 valence electrons. The third-order valence-electron chi connectivity index (χ3n) is 3.91. The molecule has 0 N–H and O–H groups in total. The van der Waals surface area contributed by atoms with Crippen LogP contribution in [0.25, 0.3) is 0 Å². The van der Waals surface area contributed by atoms with Gasteiger partial charge in [-0.25, -0.2) is 4.39 Å². The van der Waals surface area contributed by atoms with Crippen LogP contribution in [0.5, 0.6) is 5.75 Å². The van der Waals surface area contributed by atoms with Gasteiger partial charge in [-0.3, -0.25) is 0 Å². The number of anilines is 1. The highest BCUT2D eigenvalue weighted by Crippen LogP contribution is 2.41. The second-order valence-corrected chi connectivity index (χ2v) is 5.50. The molecule has 1 saturated carbocycles. The lowest BCUT2D eigenvalue weighted by Crippen LogP contribution is -2.39. The standard InChI is InChI=1S/C14H14ClFN2O/c15-11-6-12-14(10(7-17)13(11)16)18(4-5-19-12)8-9-2-1-3-9/h6,9H,1-5,8H2. The Morgan fingerprint density at radius 2 is 2.32 bits per heavy atom. The lowest BCUT2D eigenvalue weighted by Gasteiger charge is -2.37. The van der Waals surface area contributed by atoms with E-state index >= 15 is 0 Å². The van der Waals surface area contributed by atoms with Gasteiger partial charge in [0, 0.05) is 12.6 Å². The predicted octanol–water partition coefficient (Wildman–Crippen LogP) is 3.35. The lowest BCUT2D eigenvalue weighted by atomic mass is 9.85. The molecule has 1 aliphatic carbocycles. The van der Waals surface area contributed by atoms with Crippen LogP contribution < -0.4 is 9.64 Å². The Morgan fingerprint density at radius 3 is 2.95 bits per heavy atom. The van der Waals surface area contributed by atoms with Crippen molar-refractivity contribution in [3.63, 3.8) is 0 Å². The predicted molar refractivity (Wildman–Crippen MR) is 71.2 cm³/mol. The van der Waals surface area contributed by atoms with Crippen LogP contribution in [0, 0.1) is 23.1 Å². The summed E-state index contributed by atoms with van der Waals surface area (Å²) in [6.07, 6.45) is 3.69. The minimum absolute atomic E-state index is 0.00141. The summed E-state index contributed by atoms with van der Waals surface area (Å²) in [5.41, 5.74) is 0.573. The van der Waals surface area contributed by atoms with Crippen molar-refractivity contribution in [1.29, 1.82) is 5.26 Å². The molecule has 19 heavy (non-hydrogen) atoms. The molecule has 0 radical (unpaired) electrons. The Hall–Kier alpha value is -1.47. The first kappa shape index (κ1) is 12.6. The first-order valence-corrected chi connectivity index (χ1v) is 6.88. The van der Waals surface area contributed by atoms with Gasteiger partial charge in [0.25, 0.3) is 0 Å². The van der Waals surface area contributed by atoms with Crippen molar-refractivity contribution < 1.29 is 9.13 Å². The number of nitrogens with zero attached hydrogens (tertiary/aromatic N) is 2. The number of rotatable bonds is 2. The normalized spacial score (nSPS) is 18.3. The van der Waals surface area contributed by atoms with Crippen LogP contribution in [0.3, 0.4) is 0 Å². The largest absolute Gasteiger partial charge is 0.489 e. The Balaban J connectivity index is 2.01. The summed E-state index contributed by atoms with van der Waals surface area (Å²) in [6.45, 7) is 2.11. The molecule has 1 aliphatic heterocycles. The number of fused-ring (bicyclic) bond motifs is 1. The van der Waals surface area contributed by atoms with Crippen LogP contribution in [0.15, 0.2) is 6.07 Å². The van der Waals surface area contributed by atoms with Crippen molar-refractivity contribution >= 4 is 17.3 Å². The van der Waals surface area contributed by atoms with Crippen molar-refractivity contribution in [3.8, 4) is 11.8 Å². The molecule has 1 aromatic rings. The van der Waals surface area contributed by atoms with Crippen LogP contribution in [-0.2, 0) is 0 Å². The second kappa shape index (κ2) is 4.90. The van der Waals surface area contributed by atoms with E-state index in [0.29, 0.717) is 30.5 Å². The molecule has 1 fully saturated rings. The Kier molecular flexibility index (Phi) is 3.24. The van der Waals surface area contributed by atoms with Crippen molar-refractivity contribution in [2.24, 2.45) is 5.92 Å². The van der Waals surface area contributed by atoms with E-state index in [4.69, 9.17) is 16.3 Å². The van der Waals surface area contributed by atoms with Gasteiger partial charge in [0.2, 0.25) is 0 Å². The summed E-state index contributed by atoms with van der Waals surface area (Å²) in [5.74, 6) is 0.525. The Labute approximate surface area is 116 Å². The fraction of sp³-hybridized carbons (Fsp3) is 0.500. The minimum atomic E-state index is -0.646. The molecule has 2 aliphatic rings. The first-order chi connectivity index (χ1) is 9.20. The molecule has 3 rings (SSSR count). The lowest BCUT2D eigenvalue weighted by molar-refractivity contribution is 0.278. The Morgan fingerprint density at radius 1 is 1.53 bits per heavy atom. The first-order valence-electron chi connectivity index (χ1n) is 6.50. The van der Waals surface area contributed by atoms with E-state index in [2.05, 4.69) is 4.90 Å². The number of halogens is 2. The van der Waals surface area contributed by atoms with Gasteiger partial charge in [0.05, 0.1) is 11.6 Å². The zero-order valence-corrected chi connectivity index (χ0v) is 11.2. The van der Waals surface area contributed by atoms with Crippen molar-refractivity contribution in [1.82, 2.24) is 0 Å². The Bertz CT molecular complexity index is 551. The molecule has 0 saturated heterocycles. The van der Waals surface area contributed by atoms with Crippen molar-refractivity contribution in [3.05, 3.63) is 22.5 Å². The molecule has 0 atom stereocenters.